The predicted octanol–water partition coefficient (Wildman–Crippen LogP) is 3.70. The van der Waals surface area contributed by atoms with E-state index in [0.29, 0.717) is 62.6 Å². The molecular formula is C26H26FN5O3. The van der Waals surface area contributed by atoms with Crippen LogP contribution in [-0.2, 0) is 11.2 Å². The van der Waals surface area contributed by atoms with E-state index in [4.69, 9.17) is 4.52 Å². The van der Waals surface area contributed by atoms with Gasteiger partial charge in [-0.3, -0.25) is 9.59 Å². The maximum absolute atomic E-state index is 14.0. The van der Waals surface area contributed by atoms with Gasteiger partial charge >= 0.3 is 0 Å². The molecule has 1 aliphatic heterocycles. The molecule has 2 aromatic heterocycles. The van der Waals surface area contributed by atoms with Crippen LogP contribution in [0, 0.1) is 12.7 Å². The first-order valence-electron chi connectivity index (χ1n) is 11.7. The van der Waals surface area contributed by atoms with Crippen LogP contribution in [-0.4, -0.2) is 52.1 Å². The molecule has 1 N–H and O–H groups in total. The highest BCUT2D eigenvalue weighted by Crippen LogP contribution is 2.21. The molecule has 35 heavy (non-hydrogen) atoms. The highest BCUT2D eigenvalue weighted by molar-refractivity contribution is 5.82. The van der Waals surface area contributed by atoms with Gasteiger partial charge in [0, 0.05) is 44.5 Å². The monoisotopic (exact) mass is 475 g/mol. The third-order valence-corrected chi connectivity index (χ3v) is 6.32. The highest BCUT2D eigenvalue weighted by Gasteiger charge is 2.22. The van der Waals surface area contributed by atoms with Gasteiger partial charge in [-0.05, 0) is 48.6 Å². The van der Waals surface area contributed by atoms with E-state index in [2.05, 4.69) is 15.1 Å². The Balaban J connectivity index is 1.15. The van der Waals surface area contributed by atoms with Crippen molar-refractivity contribution in [2.75, 3.05) is 31.1 Å². The van der Waals surface area contributed by atoms with Crippen molar-refractivity contribution < 1.29 is 13.7 Å². The second-order valence-electron chi connectivity index (χ2n) is 8.79. The van der Waals surface area contributed by atoms with Crippen molar-refractivity contribution in [1.29, 1.82) is 0 Å². The van der Waals surface area contributed by atoms with Gasteiger partial charge in [0.1, 0.15) is 5.82 Å². The number of H-pyrrole nitrogens is 1. The van der Waals surface area contributed by atoms with E-state index >= 15 is 0 Å². The number of carbonyl (C=O) groups excluding carboxylic acids is 1. The fourth-order valence-electron chi connectivity index (χ4n) is 4.40. The van der Waals surface area contributed by atoms with Gasteiger partial charge in [0.05, 0.1) is 11.3 Å². The summed E-state index contributed by atoms with van der Waals surface area (Å²) in [6, 6.07) is 14.3. The van der Waals surface area contributed by atoms with Crippen LogP contribution in [0.25, 0.3) is 22.3 Å². The molecule has 9 heteroatoms. The van der Waals surface area contributed by atoms with Crippen LogP contribution in [0.2, 0.25) is 0 Å². The zero-order valence-corrected chi connectivity index (χ0v) is 19.5. The van der Waals surface area contributed by atoms with Gasteiger partial charge < -0.3 is 19.3 Å². The SMILES string of the molecule is Cc1ccc2cc(-c3noc(CCCC(=O)N4CCN(c5ccccc5F)CC4)n3)c(=O)[nH]c2c1. The Hall–Kier alpha value is -4.01. The number of amides is 1. The molecule has 8 nitrogen and oxygen atoms in total. The van der Waals surface area contributed by atoms with Crippen molar-refractivity contribution in [2.45, 2.75) is 26.2 Å². The number of benzene rings is 2. The van der Waals surface area contributed by atoms with Crippen LogP contribution >= 0.6 is 0 Å². The van der Waals surface area contributed by atoms with Gasteiger partial charge in [-0.25, -0.2) is 4.39 Å². The van der Waals surface area contributed by atoms with E-state index in [1.165, 1.54) is 6.07 Å². The number of nitrogens with one attached hydrogen (secondary N) is 1. The number of hydrogen-bond donors (Lipinski definition) is 1. The number of carbonyl (C=O) groups is 1. The van der Waals surface area contributed by atoms with E-state index in [9.17, 15) is 14.0 Å². The molecule has 180 valence electrons. The second-order valence-corrected chi connectivity index (χ2v) is 8.79. The number of aryl methyl sites for hydroxylation is 2. The molecule has 4 aromatic rings. The summed E-state index contributed by atoms with van der Waals surface area (Å²) in [6.07, 6.45) is 1.35. The van der Waals surface area contributed by atoms with Crippen molar-refractivity contribution in [3.8, 4) is 11.4 Å². The lowest BCUT2D eigenvalue weighted by atomic mass is 10.1. The molecule has 1 saturated heterocycles. The van der Waals surface area contributed by atoms with E-state index in [1.807, 2.05) is 41.0 Å². The number of hydrogen-bond acceptors (Lipinski definition) is 6. The summed E-state index contributed by atoms with van der Waals surface area (Å²) in [6.45, 7) is 4.27. The van der Waals surface area contributed by atoms with Gasteiger partial charge in [0.2, 0.25) is 17.6 Å². The Labute approximate surface area is 201 Å². The maximum Gasteiger partial charge on any atom is 0.259 e. The number of piperazine rings is 1. The first-order chi connectivity index (χ1) is 17.0. The van der Waals surface area contributed by atoms with Gasteiger partial charge in [-0.2, -0.15) is 4.98 Å². The van der Waals surface area contributed by atoms with E-state index in [0.717, 1.165) is 16.5 Å². The van der Waals surface area contributed by atoms with Crippen LogP contribution in [0.4, 0.5) is 10.1 Å². The lowest BCUT2D eigenvalue weighted by Crippen LogP contribution is -2.49. The Morgan fingerprint density at radius 3 is 2.71 bits per heavy atom. The van der Waals surface area contributed by atoms with Gasteiger partial charge in [0.25, 0.3) is 5.56 Å². The zero-order valence-electron chi connectivity index (χ0n) is 19.5. The Kier molecular flexibility index (Phi) is 6.31. The van der Waals surface area contributed by atoms with Crippen LogP contribution < -0.4 is 10.5 Å². The van der Waals surface area contributed by atoms with E-state index in [1.54, 1.807) is 18.2 Å². The average molecular weight is 476 g/mol. The fraction of sp³-hybridized carbons (Fsp3) is 0.308. The quantitative estimate of drug-likeness (QED) is 0.457. The van der Waals surface area contributed by atoms with Gasteiger partial charge in [-0.15, -0.1) is 0 Å². The molecule has 0 atom stereocenters. The minimum absolute atomic E-state index is 0.0548. The molecule has 1 amide bonds. The Morgan fingerprint density at radius 2 is 1.91 bits per heavy atom. The molecule has 0 bridgehead atoms. The first kappa shape index (κ1) is 22.8. The smallest absolute Gasteiger partial charge is 0.259 e. The summed E-state index contributed by atoms with van der Waals surface area (Å²) in [5, 5.41) is 4.85. The molecule has 1 aliphatic rings. The van der Waals surface area contributed by atoms with Crippen LogP contribution in [0.5, 0.6) is 0 Å². The normalized spacial score (nSPS) is 14.0. The summed E-state index contributed by atoms with van der Waals surface area (Å²) in [5.41, 5.74) is 2.47. The number of para-hydroxylation sites is 1. The summed E-state index contributed by atoms with van der Waals surface area (Å²) >= 11 is 0. The summed E-state index contributed by atoms with van der Waals surface area (Å²) in [7, 11) is 0. The minimum atomic E-state index is -0.278. The zero-order chi connectivity index (χ0) is 24.4. The van der Waals surface area contributed by atoms with Gasteiger partial charge in [0.15, 0.2) is 0 Å². The van der Waals surface area contributed by atoms with Gasteiger partial charge in [-0.1, -0.05) is 29.4 Å². The number of aromatic nitrogens is 3. The van der Waals surface area contributed by atoms with Crippen LogP contribution in [0.1, 0.15) is 24.3 Å². The molecule has 0 spiro atoms. The topological polar surface area (TPSA) is 95.3 Å². The number of halogens is 1. The van der Waals surface area contributed by atoms with Crippen molar-refractivity contribution in [1.82, 2.24) is 20.0 Å². The Bertz CT molecular complexity index is 1420. The van der Waals surface area contributed by atoms with Crippen LogP contribution in [0.15, 0.2) is 57.8 Å². The van der Waals surface area contributed by atoms with E-state index < -0.39 is 0 Å². The fourth-order valence-corrected chi connectivity index (χ4v) is 4.40. The molecule has 0 unspecified atom stereocenters. The molecule has 0 saturated carbocycles. The average Bonchev–Trinajstić information content (AvgIpc) is 3.32. The van der Waals surface area contributed by atoms with Crippen molar-refractivity contribution in [2.24, 2.45) is 0 Å². The Morgan fingerprint density at radius 1 is 1.11 bits per heavy atom. The minimum Gasteiger partial charge on any atom is -0.366 e. The third kappa shape index (κ3) is 4.94. The van der Waals surface area contributed by atoms with Crippen molar-refractivity contribution in [3.05, 3.63) is 76.2 Å². The second kappa shape index (κ2) is 9.69. The van der Waals surface area contributed by atoms with Crippen LogP contribution in [0.3, 0.4) is 0 Å². The molecule has 2 aromatic carbocycles. The van der Waals surface area contributed by atoms with E-state index in [-0.39, 0.29) is 23.1 Å². The number of fused-ring (bicyclic) bond motifs is 1. The summed E-state index contributed by atoms with van der Waals surface area (Å²) < 4.78 is 19.3. The number of aromatic amines is 1. The predicted molar refractivity (Wildman–Crippen MR) is 131 cm³/mol. The molecule has 0 radical (unpaired) electrons. The number of anilines is 1. The number of pyridine rings is 1. The lowest BCUT2D eigenvalue weighted by Gasteiger charge is -2.36. The molecule has 3 heterocycles. The summed E-state index contributed by atoms with van der Waals surface area (Å²) in [4.78, 5) is 36.2. The maximum atomic E-state index is 14.0. The molecule has 0 aliphatic carbocycles. The van der Waals surface area contributed by atoms with Crippen molar-refractivity contribution in [3.63, 3.8) is 0 Å². The highest BCUT2D eigenvalue weighted by atomic mass is 19.1. The molecule has 5 rings (SSSR count). The largest absolute Gasteiger partial charge is 0.366 e. The first-order valence-corrected chi connectivity index (χ1v) is 11.7. The molecular weight excluding hydrogens is 449 g/mol. The number of rotatable bonds is 6. The standard InChI is InChI=1S/C26H26FN5O3/c1-17-9-10-18-16-19(26(34)28-21(18)15-17)25-29-23(35-30-25)7-4-8-24(33)32-13-11-31(12-14-32)22-6-3-2-5-20(22)27/h2-3,5-6,9-10,15-16H,4,7-8,11-14H2,1H3,(H,28,34). The lowest BCUT2D eigenvalue weighted by molar-refractivity contribution is -0.131. The summed E-state index contributed by atoms with van der Waals surface area (Å²) in [5.74, 6) is 0.436. The number of nitrogens with zero attached hydrogens (tertiary/aromatic N) is 4. The molecule has 1 fully saturated rings. The van der Waals surface area contributed by atoms with Crippen molar-refractivity contribution >= 4 is 22.5 Å². The third-order valence-electron chi connectivity index (χ3n) is 6.32.